The molecule has 0 spiro atoms. The highest BCUT2D eigenvalue weighted by Gasteiger charge is 2.11. The average Bonchev–Trinajstić information content (AvgIpc) is 2.75. The fraction of sp³-hybridized carbons (Fsp3) is 0.357. The lowest BCUT2D eigenvalue weighted by Crippen LogP contribution is -2.00. The van der Waals surface area contributed by atoms with E-state index in [4.69, 9.17) is 0 Å². The van der Waals surface area contributed by atoms with Gasteiger partial charge in [0.1, 0.15) is 0 Å². The quantitative estimate of drug-likeness (QED) is 0.418. The molecule has 0 aliphatic rings. The minimum Gasteiger partial charge on any atom is -0.0656 e. The van der Waals surface area contributed by atoms with Crippen molar-refractivity contribution in [2.24, 2.45) is 0 Å². The second kappa shape index (κ2) is 14.7. The lowest BCUT2D eigenvalue weighted by Gasteiger charge is -2.17. The largest absolute Gasteiger partial charge is 0.0656 e. The second-order valence-corrected chi connectivity index (χ2v) is 7.44. The summed E-state index contributed by atoms with van der Waals surface area (Å²) in [6.07, 6.45) is 3.68. The number of hydrogen-bond acceptors (Lipinski definition) is 0. The lowest BCUT2D eigenvalue weighted by molar-refractivity contribution is 0.698. The van der Waals surface area contributed by atoms with Crippen LogP contribution in [0.1, 0.15) is 82.4 Å². The van der Waals surface area contributed by atoms with Gasteiger partial charge in [0.15, 0.2) is 0 Å². The van der Waals surface area contributed by atoms with Crippen molar-refractivity contribution in [3.05, 3.63) is 108 Å². The van der Waals surface area contributed by atoms with E-state index >= 15 is 0 Å². The van der Waals surface area contributed by atoms with Gasteiger partial charge in [-0.1, -0.05) is 138 Å². The van der Waals surface area contributed by atoms with Crippen LogP contribution in [-0.4, -0.2) is 0 Å². The van der Waals surface area contributed by atoms with Crippen molar-refractivity contribution in [3.8, 4) is 0 Å². The Kier molecular flexibility index (Phi) is 12.4. The van der Waals surface area contributed by atoms with Gasteiger partial charge >= 0.3 is 0 Å². The third-order valence-electron chi connectivity index (χ3n) is 4.45. The summed E-state index contributed by atoms with van der Waals surface area (Å²) >= 11 is 0. The molecule has 0 aromatic heterocycles. The first kappa shape index (κ1) is 23.7. The smallest absolute Gasteiger partial charge is 0.00892 e. The van der Waals surface area contributed by atoms with Crippen LogP contribution in [0, 0.1) is 0 Å². The summed E-state index contributed by atoms with van der Waals surface area (Å²) in [7, 11) is 0. The van der Waals surface area contributed by atoms with E-state index in [9.17, 15) is 0 Å². The predicted molar refractivity (Wildman–Crippen MR) is 126 cm³/mol. The highest BCUT2D eigenvalue weighted by molar-refractivity contribution is 5.32. The van der Waals surface area contributed by atoms with Crippen LogP contribution in [0.3, 0.4) is 0 Å². The van der Waals surface area contributed by atoms with Gasteiger partial charge in [-0.05, 0) is 29.0 Å². The third-order valence-corrected chi connectivity index (χ3v) is 4.45. The fourth-order valence-corrected chi connectivity index (χ4v) is 3.02. The second-order valence-electron chi connectivity index (χ2n) is 7.44. The molecule has 0 radical (unpaired) electrons. The molecular formula is C28H38. The van der Waals surface area contributed by atoms with Gasteiger partial charge < -0.3 is 0 Å². The molecule has 3 aromatic rings. The molecule has 0 nitrogen and oxygen atoms in total. The highest BCUT2D eigenvalue weighted by Crippen LogP contribution is 2.28. The lowest BCUT2D eigenvalue weighted by atomic mass is 9.88. The summed E-state index contributed by atoms with van der Waals surface area (Å²) in [5.41, 5.74) is 4.27. The zero-order chi connectivity index (χ0) is 20.6. The van der Waals surface area contributed by atoms with Crippen LogP contribution >= 0.6 is 0 Å². The third kappa shape index (κ3) is 9.04. The summed E-state index contributed by atoms with van der Waals surface area (Å²) < 4.78 is 0. The molecule has 0 N–H and O–H groups in total. The molecule has 0 bridgehead atoms. The van der Waals surface area contributed by atoms with Crippen LogP contribution in [0.15, 0.2) is 91.0 Å². The summed E-state index contributed by atoms with van der Waals surface area (Å²) in [6.45, 7) is 10.9. The van der Waals surface area contributed by atoms with E-state index in [0.717, 1.165) is 0 Å². The van der Waals surface area contributed by atoms with Gasteiger partial charge in [-0.25, -0.2) is 0 Å². The van der Waals surface area contributed by atoms with E-state index < -0.39 is 0 Å². The van der Waals surface area contributed by atoms with Crippen LogP contribution < -0.4 is 0 Å². The van der Waals surface area contributed by atoms with E-state index in [0.29, 0.717) is 11.8 Å². The number of benzene rings is 3. The van der Waals surface area contributed by atoms with Crippen molar-refractivity contribution >= 4 is 0 Å². The zero-order valence-corrected chi connectivity index (χ0v) is 18.4. The highest BCUT2D eigenvalue weighted by atomic mass is 14.2. The Morgan fingerprint density at radius 2 is 0.857 bits per heavy atom. The van der Waals surface area contributed by atoms with Crippen LogP contribution in [0.4, 0.5) is 0 Å². The van der Waals surface area contributed by atoms with Gasteiger partial charge in [0.2, 0.25) is 0 Å². The molecule has 0 unspecified atom stereocenters. The first-order chi connectivity index (χ1) is 13.6. The molecule has 0 amide bonds. The van der Waals surface area contributed by atoms with Crippen molar-refractivity contribution in [1.82, 2.24) is 0 Å². The maximum absolute atomic E-state index is 2.25. The van der Waals surface area contributed by atoms with Crippen molar-refractivity contribution in [2.45, 2.75) is 65.7 Å². The van der Waals surface area contributed by atoms with Gasteiger partial charge in [0.25, 0.3) is 0 Å². The Labute approximate surface area is 173 Å². The first-order valence-electron chi connectivity index (χ1n) is 10.8. The molecule has 0 aliphatic carbocycles. The maximum Gasteiger partial charge on any atom is 0.00892 e. The summed E-state index contributed by atoms with van der Waals surface area (Å²) in [4.78, 5) is 0. The molecule has 0 fully saturated rings. The van der Waals surface area contributed by atoms with E-state index in [-0.39, 0.29) is 0 Å². The molecule has 28 heavy (non-hydrogen) atoms. The van der Waals surface area contributed by atoms with E-state index in [1.54, 1.807) is 0 Å². The maximum atomic E-state index is 2.25. The van der Waals surface area contributed by atoms with Gasteiger partial charge in [-0.15, -0.1) is 0 Å². The van der Waals surface area contributed by atoms with Gasteiger partial charge in [0, 0.05) is 5.92 Å². The topological polar surface area (TPSA) is 0 Å². The summed E-state index contributed by atoms with van der Waals surface area (Å²) in [6, 6.07) is 32.1. The van der Waals surface area contributed by atoms with Crippen LogP contribution in [0.5, 0.6) is 0 Å². The molecule has 0 heteroatoms. The number of hydrogen-bond donors (Lipinski definition) is 0. The fourth-order valence-electron chi connectivity index (χ4n) is 3.02. The van der Waals surface area contributed by atoms with Crippen LogP contribution in [-0.2, 0) is 0 Å². The predicted octanol–water partition coefficient (Wildman–Crippen LogP) is 8.84. The van der Waals surface area contributed by atoms with E-state index in [2.05, 4.69) is 120 Å². The van der Waals surface area contributed by atoms with Crippen molar-refractivity contribution < 1.29 is 0 Å². The van der Waals surface area contributed by atoms with Gasteiger partial charge in [0.05, 0.1) is 0 Å². The zero-order valence-electron chi connectivity index (χ0n) is 18.4. The van der Waals surface area contributed by atoms with E-state index in [1.807, 2.05) is 6.07 Å². The molecule has 0 saturated heterocycles. The Balaban J connectivity index is 0.000000276. The van der Waals surface area contributed by atoms with Crippen molar-refractivity contribution in [3.63, 3.8) is 0 Å². The van der Waals surface area contributed by atoms with Crippen LogP contribution in [0.2, 0.25) is 0 Å². The molecule has 0 aliphatic heterocycles. The molecule has 150 valence electrons. The van der Waals surface area contributed by atoms with Crippen molar-refractivity contribution in [1.29, 1.82) is 0 Å². The van der Waals surface area contributed by atoms with E-state index in [1.165, 1.54) is 36.0 Å². The SMILES string of the molecule is CC(C)c1ccccc1.CCC.CCCC(c1ccccc1)c1ccccc1. The molecule has 3 aromatic carbocycles. The first-order valence-corrected chi connectivity index (χ1v) is 10.8. The summed E-state index contributed by atoms with van der Waals surface area (Å²) in [5.74, 6) is 1.21. The monoisotopic (exact) mass is 374 g/mol. The van der Waals surface area contributed by atoms with Crippen molar-refractivity contribution in [2.75, 3.05) is 0 Å². The molecule has 0 saturated carbocycles. The molecule has 0 atom stereocenters. The molecule has 0 heterocycles. The standard InChI is InChI=1S/C16H18.C9H12.C3H8/c1-2-9-16(14-10-5-3-6-11-14)15-12-7-4-8-13-15;1-8(2)9-6-4-3-5-7-9;1-3-2/h3-8,10-13,16H,2,9H2,1H3;3-8H,1-2H3;3H2,1-2H3. The van der Waals surface area contributed by atoms with Gasteiger partial charge in [-0.3, -0.25) is 0 Å². The normalized spacial score (nSPS) is 9.96. The summed E-state index contributed by atoms with van der Waals surface area (Å²) in [5, 5.41) is 0. The van der Waals surface area contributed by atoms with Gasteiger partial charge in [-0.2, -0.15) is 0 Å². The Bertz CT molecular complexity index is 659. The minimum absolute atomic E-state index is 0.549. The van der Waals surface area contributed by atoms with Crippen LogP contribution in [0.25, 0.3) is 0 Å². The minimum atomic E-state index is 0.549. The average molecular weight is 375 g/mol. The Hall–Kier alpha value is -2.34. The Morgan fingerprint density at radius 3 is 1.11 bits per heavy atom. The number of rotatable bonds is 5. The Morgan fingerprint density at radius 1 is 0.536 bits per heavy atom. The molecular weight excluding hydrogens is 336 g/mol. The molecule has 3 rings (SSSR count).